The predicted molar refractivity (Wildman–Crippen MR) is 86.3 cm³/mol. The van der Waals surface area contributed by atoms with E-state index in [2.05, 4.69) is 26.5 Å². The number of rotatable bonds is 9. The van der Waals surface area contributed by atoms with Crippen LogP contribution in [0, 0.1) is 0 Å². The summed E-state index contributed by atoms with van der Waals surface area (Å²) in [4.78, 5) is 10.9. The summed E-state index contributed by atoms with van der Waals surface area (Å²) in [5, 5.41) is 0. The van der Waals surface area contributed by atoms with E-state index in [1.165, 1.54) is 5.57 Å². The van der Waals surface area contributed by atoms with Gasteiger partial charge in [-0.05, 0) is 44.0 Å². The highest BCUT2D eigenvalue weighted by Crippen LogP contribution is 2.30. The van der Waals surface area contributed by atoms with Crippen LogP contribution in [-0.2, 0) is 0 Å². The Balaban J connectivity index is 3.04. The van der Waals surface area contributed by atoms with Crippen molar-refractivity contribution in [2.24, 2.45) is 0 Å². The van der Waals surface area contributed by atoms with Crippen LogP contribution in [0.2, 0.25) is 0 Å². The lowest BCUT2D eigenvalue weighted by molar-refractivity contribution is 0.112. The van der Waals surface area contributed by atoms with E-state index in [-0.39, 0.29) is 6.10 Å². The van der Waals surface area contributed by atoms with Gasteiger partial charge < -0.3 is 9.47 Å². The Morgan fingerprint density at radius 3 is 2.67 bits per heavy atom. The van der Waals surface area contributed by atoms with Crippen LogP contribution in [0.1, 0.15) is 44.0 Å². The van der Waals surface area contributed by atoms with Crippen molar-refractivity contribution in [3.05, 3.63) is 48.1 Å². The van der Waals surface area contributed by atoms with Gasteiger partial charge in [-0.3, -0.25) is 4.79 Å². The molecular formula is C18H24O3. The van der Waals surface area contributed by atoms with Crippen molar-refractivity contribution in [1.29, 1.82) is 0 Å². The van der Waals surface area contributed by atoms with E-state index in [1.807, 2.05) is 13.0 Å². The molecule has 1 aromatic rings. The summed E-state index contributed by atoms with van der Waals surface area (Å²) in [5.41, 5.74) is 1.74. The number of hydrogen-bond acceptors (Lipinski definition) is 3. The van der Waals surface area contributed by atoms with E-state index in [9.17, 15) is 4.79 Å². The van der Waals surface area contributed by atoms with Gasteiger partial charge in [-0.1, -0.05) is 19.1 Å². The van der Waals surface area contributed by atoms with Gasteiger partial charge in [0.2, 0.25) is 0 Å². The quantitative estimate of drug-likeness (QED) is 0.493. The Morgan fingerprint density at radius 1 is 1.33 bits per heavy atom. The zero-order chi connectivity index (χ0) is 15.7. The van der Waals surface area contributed by atoms with Crippen LogP contribution < -0.4 is 9.47 Å². The van der Waals surface area contributed by atoms with Gasteiger partial charge >= 0.3 is 0 Å². The molecule has 114 valence electrons. The molecule has 0 saturated carbocycles. The molecule has 1 aromatic carbocycles. The van der Waals surface area contributed by atoms with Gasteiger partial charge in [0.25, 0.3) is 0 Å². The number of carbonyl (C=O) groups is 1. The van der Waals surface area contributed by atoms with Gasteiger partial charge in [-0.15, -0.1) is 6.58 Å². The molecule has 0 bridgehead atoms. The second-order valence-electron chi connectivity index (χ2n) is 4.74. The van der Waals surface area contributed by atoms with Crippen molar-refractivity contribution in [3.63, 3.8) is 0 Å². The fourth-order valence-corrected chi connectivity index (χ4v) is 2.05. The summed E-state index contributed by atoms with van der Waals surface area (Å²) in [5.74, 6) is 1.25. The van der Waals surface area contributed by atoms with Gasteiger partial charge in [0.1, 0.15) is 12.4 Å². The Labute approximate surface area is 127 Å². The number of carbonyl (C=O) groups excluding carboxylic acids is 1. The van der Waals surface area contributed by atoms with Crippen LogP contribution in [0.5, 0.6) is 11.5 Å². The molecule has 3 heteroatoms. The Morgan fingerprint density at radius 2 is 2.10 bits per heavy atom. The van der Waals surface area contributed by atoms with Gasteiger partial charge in [0.05, 0.1) is 6.61 Å². The highest BCUT2D eigenvalue weighted by molar-refractivity contribution is 5.76. The van der Waals surface area contributed by atoms with Crippen LogP contribution in [-0.4, -0.2) is 19.0 Å². The monoisotopic (exact) mass is 288 g/mol. The SMILES string of the molecule is C=CCC(Oc1ccc(C=O)cc1OCC)C(C)=CCC. The van der Waals surface area contributed by atoms with Gasteiger partial charge in [-0.25, -0.2) is 0 Å². The first-order chi connectivity index (χ1) is 10.2. The second kappa shape index (κ2) is 9.01. The largest absolute Gasteiger partial charge is 0.490 e. The third-order valence-corrected chi connectivity index (χ3v) is 3.09. The molecule has 1 rings (SSSR count). The topological polar surface area (TPSA) is 35.5 Å². The fraction of sp³-hybridized carbons (Fsp3) is 0.389. The molecule has 1 unspecified atom stereocenters. The molecule has 0 N–H and O–H groups in total. The lowest BCUT2D eigenvalue weighted by Gasteiger charge is -2.21. The van der Waals surface area contributed by atoms with Gasteiger partial charge in [-0.2, -0.15) is 0 Å². The first kappa shape index (κ1) is 17.0. The van der Waals surface area contributed by atoms with E-state index in [0.29, 0.717) is 23.7 Å². The third-order valence-electron chi connectivity index (χ3n) is 3.09. The van der Waals surface area contributed by atoms with Crippen molar-refractivity contribution in [1.82, 2.24) is 0 Å². The number of hydrogen-bond donors (Lipinski definition) is 0. The molecule has 0 amide bonds. The second-order valence-corrected chi connectivity index (χ2v) is 4.74. The number of aldehydes is 1. The molecule has 0 saturated heterocycles. The van der Waals surface area contributed by atoms with Crippen molar-refractivity contribution in [2.75, 3.05) is 6.61 Å². The molecule has 0 heterocycles. The van der Waals surface area contributed by atoms with Crippen molar-refractivity contribution in [2.45, 2.75) is 39.7 Å². The molecule has 3 nitrogen and oxygen atoms in total. The summed E-state index contributed by atoms with van der Waals surface area (Å²) >= 11 is 0. The number of benzene rings is 1. The highest BCUT2D eigenvalue weighted by atomic mass is 16.5. The molecule has 0 radical (unpaired) electrons. The van der Waals surface area contributed by atoms with E-state index in [0.717, 1.165) is 19.1 Å². The molecular weight excluding hydrogens is 264 g/mol. The van der Waals surface area contributed by atoms with Crippen LogP contribution in [0.15, 0.2) is 42.5 Å². The molecule has 0 fully saturated rings. The Kier molecular flexibility index (Phi) is 7.30. The molecule has 0 aromatic heterocycles. The van der Waals surface area contributed by atoms with Crippen LogP contribution in [0.3, 0.4) is 0 Å². The fourth-order valence-electron chi connectivity index (χ4n) is 2.05. The molecule has 0 aliphatic carbocycles. The van der Waals surface area contributed by atoms with Gasteiger partial charge in [0.15, 0.2) is 11.5 Å². The zero-order valence-corrected chi connectivity index (χ0v) is 13.1. The Hall–Kier alpha value is -2.03. The zero-order valence-electron chi connectivity index (χ0n) is 13.1. The minimum Gasteiger partial charge on any atom is -0.490 e. The van der Waals surface area contributed by atoms with Crippen molar-refractivity contribution >= 4 is 6.29 Å². The first-order valence-electron chi connectivity index (χ1n) is 7.32. The molecule has 0 aliphatic heterocycles. The van der Waals surface area contributed by atoms with E-state index < -0.39 is 0 Å². The maximum Gasteiger partial charge on any atom is 0.162 e. The van der Waals surface area contributed by atoms with Gasteiger partial charge in [0, 0.05) is 12.0 Å². The summed E-state index contributed by atoms with van der Waals surface area (Å²) in [6.07, 6.45) is 6.42. The maximum absolute atomic E-state index is 10.9. The number of ether oxygens (including phenoxy) is 2. The average Bonchev–Trinajstić information content (AvgIpc) is 2.48. The van der Waals surface area contributed by atoms with Crippen LogP contribution in [0.4, 0.5) is 0 Å². The third kappa shape index (κ3) is 5.10. The average molecular weight is 288 g/mol. The van der Waals surface area contributed by atoms with E-state index in [4.69, 9.17) is 9.47 Å². The van der Waals surface area contributed by atoms with Crippen LogP contribution >= 0.6 is 0 Å². The maximum atomic E-state index is 10.9. The summed E-state index contributed by atoms with van der Waals surface area (Å²) in [7, 11) is 0. The molecule has 0 spiro atoms. The minimum absolute atomic E-state index is 0.0660. The summed E-state index contributed by atoms with van der Waals surface area (Å²) in [6.45, 7) is 10.4. The molecule has 21 heavy (non-hydrogen) atoms. The summed E-state index contributed by atoms with van der Waals surface area (Å²) < 4.78 is 11.6. The van der Waals surface area contributed by atoms with Crippen LogP contribution in [0.25, 0.3) is 0 Å². The predicted octanol–water partition coefficient (Wildman–Crippen LogP) is 4.58. The standard InChI is InChI=1S/C18H24O3/c1-5-8-14(4)16(9-6-2)21-17-11-10-15(13-19)12-18(17)20-7-3/h6,8,10-13,16H,2,5,7,9H2,1,3-4H3. The molecule has 1 atom stereocenters. The minimum atomic E-state index is -0.0660. The van der Waals surface area contributed by atoms with Crippen molar-refractivity contribution in [3.8, 4) is 11.5 Å². The lowest BCUT2D eigenvalue weighted by Crippen LogP contribution is -2.18. The highest BCUT2D eigenvalue weighted by Gasteiger charge is 2.14. The summed E-state index contributed by atoms with van der Waals surface area (Å²) in [6, 6.07) is 5.22. The first-order valence-corrected chi connectivity index (χ1v) is 7.32. The van der Waals surface area contributed by atoms with E-state index >= 15 is 0 Å². The van der Waals surface area contributed by atoms with E-state index in [1.54, 1.807) is 18.2 Å². The molecule has 0 aliphatic rings. The lowest BCUT2D eigenvalue weighted by atomic mass is 10.1. The normalized spacial score (nSPS) is 12.6. The smallest absolute Gasteiger partial charge is 0.162 e. The Bertz CT molecular complexity index is 503. The number of allylic oxidation sites excluding steroid dienone is 1. The van der Waals surface area contributed by atoms with Crippen molar-refractivity contribution < 1.29 is 14.3 Å².